The number of β-amino-alcohol motifs (C(OH)–C–C–N with tert-alkyl or cyclic N) is 1. The number of rotatable bonds is 9. The van der Waals surface area contributed by atoms with Crippen LogP contribution in [0.5, 0.6) is 11.5 Å². The van der Waals surface area contributed by atoms with E-state index in [0.717, 1.165) is 24.6 Å². The summed E-state index contributed by atoms with van der Waals surface area (Å²) in [6, 6.07) is 7.28. The first kappa shape index (κ1) is 19.2. The van der Waals surface area contributed by atoms with Crippen LogP contribution >= 0.6 is 0 Å². The Morgan fingerprint density at radius 1 is 1.22 bits per heavy atom. The van der Waals surface area contributed by atoms with Crippen LogP contribution < -0.4 is 20.1 Å². The predicted molar refractivity (Wildman–Crippen MR) is 105 cm³/mol. The molecule has 3 N–H and O–H groups in total. The van der Waals surface area contributed by atoms with E-state index in [1.807, 2.05) is 18.2 Å². The van der Waals surface area contributed by atoms with E-state index >= 15 is 0 Å². The highest BCUT2D eigenvalue weighted by atomic mass is 16.5. The lowest BCUT2D eigenvalue weighted by atomic mass is 10.2. The van der Waals surface area contributed by atoms with Crippen molar-refractivity contribution in [1.29, 1.82) is 0 Å². The van der Waals surface area contributed by atoms with E-state index in [1.54, 1.807) is 26.4 Å². The number of benzene rings is 1. The minimum Gasteiger partial charge on any atom is -0.493 e. The number of nitrogens with one attached hydrogen (secondary N) is 2. The van der Waals surface area contributed by atoms with Crippen molar-refractivity contribution in [2.45, 2.75) is 18.9 Å². The summed E-state index contributed by atoms with van der Waals surface area (Å²) < 4.78 is 11.2. The molecule has 146 valence electrons. The first-order chi connectivity index (χ1) is 13.2. The number of nitrogens with zero attached hydrogens (tertiary/aromatic N) is 3. The van der Waals surface area contributed by atoms with E-state index in [4.69, 9.17) is 9.47 Å². The van der Waals surface area contributed by atoms with Gasteiger partial charge in [0.05, 0.1) is 7.11 Å². The highest BCUT2D eigenvalue weighted by Crippen LogP contribution is 2.31. The maximum atomic E-state index is 10.2. The molecule has 8 nitrogen and oxygen atoms in total. The van der Waals surface area contributed by atoms with Gasteiger partial charge in [-0.3, -0.25) is 0 Å². The van der Waals surface area contributed by atoms with Crippen LogP contribution in [0, 0.1) is 0 Å². The summed E-state index contributed by atoms with van der Waals surface area (Å²) in [5.74, 6) is 2.38. The summed E-state index contributed by atoms with van der Waals surface area (Å²) in [6.45, 7) is 2.93. The van der Waals surface area contributed by atoms with Gasteiger partial charge in [-0.25, -0.2) is 4.98 Å². The fourth-order valence-electron chi connectivity index (χ4n) is 3.06. The number of hydrogen-bond acceptors (Lipinski definition) is 8. The van der Waals surface area contributed by atoms with E-state index in [9.17, 15) is 5.11 Å². The minimum atomic E-state index is -0.542. The van der Waals surface area contributed by atoms with Gasteiger partial charge < -0.3 is 30.1 Å². The van der Waals surface area contributed by atoms with Crippen molar-refractivity contribution in [2.75, 3.05) is 51.0 Å². The summed E-state index contributed by atoms with van der Waals surface area (Å²) in [6.07, 6.45) is 3.54. The lowest BCUT2D eigenvalue weighted by Gasteiger charge is -2.20. The van der Waals surface area contributed by atoms with Gasteiger partial charge in [-0.2, -0.15) is 4.98 Å². The van der Waals surface area contributed by atoms with Crippen molar-refractivity contribution in [3.63, 3.8) is 0 Å². The minimum absolute atomic E-state index is 0.210. The van der Waals surface area contributed by atoms with Gasteiger partial charge in [0.2, 0.25) is 5.95 Å². The predicted octanol–water partition coefficient (Wildman–Crippen LogP) is 2.11. The summed E-state index contributed by atoms with van der Waals surface area (Å²) in [7, 11) is 3.40. The molecule has 1 atom stereocenters. The molecular weight excluding hydrogens is 346 g/mol. The van der Waals surface area contributed by atoms with Crippen LogP contribution in [0.15, 0.2) is 30.5 Å². The molecular formula is C19H27N5O3. The summed E-state index contributed by atoms with van der Waals surface area (Å²) in [5.41, 5.74) is 0.771. The molecule has 0 aliphatic carbocycles. The molecule has 2 aromatic rings. The van der Waals surface area contributed by atoms with Gasteiger partial charge in [0.25, 0.3) is 0 Å². The first-order valence-corrected chi connectivity index (χ1v) is 9.17. The molecule has 0 amide bonds. The van der Waals surface area contributed by atoms with Crippen LogP contribution in [-0.2, 0) is 0 Å². The molecule has 1 aromatic carbocycles. The van der Waals surface area contributed by atoms with Gasteiger partial charge in [-0.15, -0.1) is 0 Å². The monoisotopic (exact) mass is 373 g/mol. The van der Waals surface area contributed by atoms with Crippen LogP contribution in [0.4, 0.5) is 17.5 Å². The number of methoxy groups -OCH3 is 1. The lowest BCUT2D eigenvalue weighted by Crippen LogP contribution is -2.33. The number of likely N-dealkylation sites (tertiary alicyclic amines) is 1. The third-order valence-corrected chi connectivity index (χ3v) is 4.43. The number of aliphatic hydroxyl groups is 1. The molecule has 1 fully saturated rings. The smallest absolute Gasteiger partial charge is 0.229 e. The zero-order valence-corrected chi connectivity index (χ0v) is 15.8. The Balaban J connectivity index is 1.63. The summed E-state index contributed by atoms with van der Waals surface area (Å²) in [5, 5.41) is 16.4. The van der Waals surface area contributed by atoms with Crippen molar-refractivity contribution >= 4 is 17.5 Å². The Kier molecular flexibility index (Phi) is 6.67. The Bertz CT molecular complexity index is 737. The first-order valence-electron chi connectivity index (χ1n) is 9.17. The topological polar surface area (TPSA) is 91.8 Å². The summed E-state index contributed by atoms with van der Waals surface area (Å²) in [4.78, 5) is 10.8. The molecule has 1 aliphatic heterocycles. The molecule has 1 saturated heterocycles. The largest absolute Gasteiger partial charge is 0.493 e. The van der Waals surface area contributed by atoms with Gasteiger partial charge in [0.1, 0.15) is 18.5 Å². The number of aromatic nitrogens is 2. The van der Waals surface area contributed by atoms with Crippen molar-refractivity contribution in [1.82, 2.24) is 14.9 Å². The maximum Gasteiger partial charge on any atom is 0.229 e. The second-order valence-electron chi connectivity index (χ2n) is 6.48. The Hall–Kier alpha value is -2.58. The third-order valence-electron chi connectivity index (χ3n) is 4.43. The molecule has 8 heteroatoms. The van der Waals surface area contributed by atoms with Crippen molar-refractivity contribution in [3.05, 3.63) is 30.5 Å². The number of ether oxygens (including phenoxy) is 2. The van der Waals surface area contributed by atoms with Crippen LogP contribution in [0.3, 0.4) is 0 Å². The lowest BCUT2D eigenvalue weighted by molar-refractivity contribution is 0.0747. The molecule has 0 radical (unpaired) electrons. The maximum absolute atomic E-state index is 10.2. The second-order valence-corrected chi connectivity index (χ2v) is 6.48. The SMILES string of the molecule is CNc1ccnc(Nc2ccc(OC)c(OC[C@@H](O)CN3CCCC3)c2)n1. The number of aliphatic hydroxyl groups excluding tert-OH is 1. The van der Waals surface area contributed by atoms with E-state index < -0.39 is 6.10 Å². The zero-order valence-electron chi connectivity index (χ0n) is 15.8. The van der Waals surface area contributed by atoms with Gasteiger partial charge >= 0.3 is 0 Å². The average molecular weight is 373 g/mol. The number of anilines is 3. The van der Waals surface area contributed by atoms with Gasteiger partial charge in [0.15, 0.2) is 11.5 Å². The van der Waals surface area contributed by atoms with E-state index in [2.05, 4.69) is 25.5 Å². The van der Waals surface area contributed by atoms with Crippen LogP contribution in [-0.4, -0.2) is 66.5 Å². The molecule has 0 bridgehead atoms. The van der Waals surface area contributed by atoms with Gasteiger partial charge in [-0.05, 0) is 44.1 Å². The third kappa shape index (κ3) is 5.45. The Labute approximate surface area is 159 Å². The normalized spacial score (nSPS) is 15.4. The van der Waals surface area contributed by atoms with Gasteiger partial charge in [0, 0.05) is 31.5 Å². The van der Waals surface area contributed by atoms with Gasteiger partial charge in [-0.1, -0.05) is 0 Å². The standard InChI is InChI=1S/C19H27N5O3/c1-20-18-7-8-21-19(23-18)22-14-5-6-16(26-2)17(11-14)27-13-15(25)12-24-9-3-4-10-24/h5-8,11,15,25H,3-4,9-10,12-13H2,1-2H3,(H2,20,21,22,23)/t15-/m0/s1. The zero-order chi connectivity index (χ0) is 19.1. The van der Waals surface area contributed by atoms with E-state index in [-0.39, 0.29) is 6.61 Å². The molecule has 0 unspecified atom stereocenters. The fourth-order valence-corrected chi connectivity index (χ4v) is 3.06. The van der Waals surface area contributed by atoms with Crippen molar-refractivity contribution < 1.29 is 14.6 Å². The second kappa shape index (κ2) is 9.38. The summed E-state index contributed by atoms with van der Waals surface area (Å²) >= 11 is 0. The van der Waals surface area contributed by atoms with E-state index in [1.165, 1.54) is 12.8 Å². The average Bonchev–Trinajstić information content (AvgIpc) is 3.19. The van der Waals surface area contributed by atoms with Crippen molar-refractivity contribution in [2.24, 2.45) is 0 Å². The molecule has 1 aliphatic rings. The van der Waals surface area contributed by atoms with Crippen LogP contribution in [0.25, 0.3) is 0 Å². The molecule has 0 spiro atoms. The highest BCUT2D eigenvalue weighted by Gasteiger charge is 2.17. The molecule has 1 aromatic heterocycles. The van der Waals surface area contributed by atoms with Crippen molar-refractivity contribution in [3.8, 4) is 11.5 Å². The van der Waals surface area contributed by atoms with Crippen LogP contribution in [0.1, 0.15) is 12.8 Å². The fraction of sp³-hybridized carbons (Fsp3) is 0.474. The molecule has 0 saturated carbocycles. The van der Waals surface area contributed by atoms with E-state index in [0.29, 0.717) is 24.0 Å². The molecule has 27 heavy (non-hydrogen) atoms. The number of hydrogen-bond donors (Lipinski definition) is 3. The molecule has 3 rings (SSSR count). The Morgan fingerprint density at radius 2 is 2.04 bits per heavy atom. The van der Waals surface area contributed by atoms with Crippen LogP contribution in [0.2, 0.25) is 0 Å². The Morgan fingerprint density at radius 3 is 2.78 bits per heavy atom. The quantitative estimate of drug-likeness (QED) is 0.616. The highest BCUT2D eigenvalue weighted by molar-refractivity contribution is 5.60. The molecule has 2 heterocycles.